The summed E-state index contributed by atoms with van der Waals surface area (Å²) in [6, 6.07) is 4.11. The predicted molar refractivity (Wildman–Crippen MR) is 78.8 cm³/mol. The van der Waals surface area contributed by atoms with Crippen molar-refractivity contribution >= 4 is 5.78 Å². The molecule has 0 fully saturated rings. The standard InChI is InChI=1S/C17H19NO3/c1-18-8-7-17-6-5-12(19)9-14(17)21-16-13(20-2)4-3-11(10-18)15(16)17/h3-6,14H,7-10H2,1-2H3/t14-,17-/m1/s1. The number of benzene rings is 1. The average Bonchev–Trinajstić information content (AvgIpc) is 2.72. The van der Waals surface area contributed by atoms with Gasteiger partial charge in [-0.05, 0) is 37.7 Å². The molecule has 2 atom stereocenters. The summed E-state index contributed by atoms with van der Waals surface area (Å²) < 4.78 is 11.7. The molecule has 4 nitrogen and oxygen atoms in total. The van der Waals surface area contributed by atoms with Gasteiger partial charge in [0.25, 0.3) is 0 Å². The topological polar surface area (TPSA) is 38.8 Å². The Labute approximate surface area is 124 Å². The molecule has 0 radical (unpaired) electrons. The van der Waals surface area contributed by atoms with Gasteiger partial charge < -0.3 is 14.4 Å². The molecule has 0 saturated heterocycles. The minimum Gasteiger partial charge on any atom is -0.493 e. The number of hydrogen-bond acceptors (Lipinski definition) is 4. The third-order valence-corrected chi connectivity index (χ3v) is 5.03. The first-order valence-electron chi connectivity index (χ1n) is 7.41. The fraction of sp³-hybridized carbons (Fsp3) is 0.471. The molecule has 0 unspecified atom stereocenters. The normalized spacial score (nSPS) is 30.4. The highest BCUT2D eigenvalue weighted by Gasteiger charge is 2.52. The smallest absolute Gasteiger partial charge is 0.166 e. The molecule has 0 bridgehead atoms. The Hall–Kier alpha value is -1.81. The van der Waals surface area contributed by atoms with Crippen LogP contribution in [-0.4, -0.2) is 37.5 Å². The zero-order valence-electron chi connectivity index (χ0n) is 12.4. The molecule has 1 aromatic carbocycles. The zero-order valence-corrected chi connectivity index (χ0v) is 12.4. The highest BCUT2D eigenvalue weighted by molar-refractivity contribution is 5.92. The number of hydrogen-bond donors (Lipinski definition) is 0. The van der Waals surface area contributed by atoms with Crippen LogP contribution >= 0.6 is 0 Å². The second-order valence-corrected chi connectivity index (χ2v) is 6.27. The van der Waals surface area contributed by atoms with Gasteiger partial charge in [0.2, 0.25) is 0 Å². The summed E-state index contributed by atoms with van der Waals surface area (Å²) >= 11 is 0. The van der Waals surface area contributed by atoms with Gasteiger partial charge in [0.15, 0.2) is 17.3 Å². The van der Waals surface area contributed by atoms with E-state index in [1.54, 1.807) is 13.2 Å². The summed E-state index contributed by atoms with van der Waals surface area (Å²) in [7, 11) is 3.81. The van der Waals surface area contributed by atoms with E-state index in [-0.39, 0.29) is 17.3 Å². The fourth-order valence-corrected chi connectivity index (χ4v) is 3.95. The lowest BCUT2D eigenvalue weighted by Crippen LogP contribution is -2.41. The number of carbonyl (C=O) groups excluding carboxylic acids is 1. The molecule has 2 aliphatic heterocycles. The quantitative estimate of drug-likeness (QED) is 0.791. The van der Waals surface area contributed by atoms with Crippen molar-refractivity contribution in [1.82, 2.24) is 4.90 Å². The Kier molecular flexibility index (Phi) is 2.67. The van der Waals surface area contributed by atoms with Gasteiger partial charge in [-0.1, -0.05) is 12.1 Å². The first kappa shape index (κ1) is 12.9. The summed E-state index contributed by atoms with van der Waals surface area (Å²) in [6.07, 6.45) is 5.16. The Morgan fingerprint density at radius 1 is 1.43 bits per heavy atom. The van der Waals surface area contributed by atoms with Crippen LogP contribution in [0.15, 0.2) is 24.3 Å². The maximum Gasteiger partial charge on any atom is 0.166 e. The van der Waals surface area contributed by atoms with E-state index in [0.29, 0.717) is 6.42 Å². The van der Waals surface area contributed by atoms with E-state index in [2.05, 4.69) is 24.1 Å². The Morgan fingerprint density at radius 2 is 2.29 bits per heavy atom. The van der Waals surface area contributed by atoms with Crippen molar-refractivity contribution in [3.8, 4) is 11.5 Å². The molecule has 1 aromatic rings. The number of ether oxygens (including phenoxy) is 2. The highest BCUT2D eigenvalue weighted by Crippen LogP contribution is 2.55. The van der Waals surface area contributed by atoms with Crippen LogP contribution in [0.3, 0.4) is 0 Å². The van der Waals surface area contributed by atoms with Gasteiger partial charge in [-0.2, -0.15) is 0 Å². The van der Waals surface area contributed by atoms with E-state index in [9.17, 15) is 4.79 Å². The van der Waals surface area contributed by atoms with Crippen molar-refractivity contribution in [2.45, 2.75) is 30.9 Å². The van der Waals surface area contributed by atoms with Crippen LogP contribution in [0.2, 0.25) is 0 Å². The van der Waals surface area contributed by atoms with Crippen LogP contribution in [0.5, 0.6) is 11.5 Å². The van der Waals surface area contributed by atoms with Crippen LogP contribution in [0.4, 0.5) is 0 Å². The van der Waals surface area contributed by atoms with E-state index in [1.807, 2.05) is 6.07 Å². The number of carbonyl (C=O) groups is 1. The molecule has 0 N–H and O–H groups in total. The molecule has 2 heterocycles. The predicted octanol–water partition coefficient (Wildman–Crippen LogP) is 2.06. The molecule has 4 heteroatoms. The minimum absolute atomic E-state index is 0.0912. The molecular formula is C17H19NO3. The fourth-order valence-electron chi connectivity index (χ4n) is 3.95. The lowest BCUT2D eigenvalue weighted by molar-refractivity contribution is -0.117. The van der Waals surface area contributed by atoms with Gasteiger partial charge in [-0.25, -0.2) is 0 Å². The maximum atomic E-state index is 11.8. The van der Waals surface area contributed by atoms with Crippen LogP contribution in [-0.2, 0) is 16.8 Å². The highest BCUT2D eigenvalue weighted by atomic mass is 16.5. The number of allylic oxidation sites excluding steroid dienone is 1. The van der Waals surface area contributed by atoms with E-state index in [1.165, 1.54) is 11.1 Å². The minimum atomic E-state index is -0.169. The zero-order chi connectivity index (χ0) is 14.6. The van der Waals surface area contributed by atoms with Crippen molar-refractivity contribution in [2.75, 3.05) is 20.7 Å². The van der Waals surface area contributed by atoms with E-state index < -0.39 is 0 Å². The number of nitrogens with zero attached hydrogens (tertiary/aromatic N) is 1. The molecule has 3 aliphatic rings. The Bertz CT molecular complexity index is 652. The van der Waals surface area contributed by atoms with Crippen LogP contribution in [0.1, 0.15) is 24.0 Å². The van der Waals surface area contributed by atoms with Crippen LogP contribution in [0.25, 0.3) is 0 Å². The van der Waals surface area contributed by atoms with E-state index in [4.69, 9.17) is 9.47 Å². The van der Waals surface area contributed by atoms with Gasteiger partial charge in [0.05, 0.1) is 12.5 Å². The molecule has 0 amide bonds. The van der Waals surface area contributed by atoms with Crippen LogP contribution < -0.4 is 9.47 Å². The van der Waals surface area contributed by atoms with Crippen molar-refractivity contribution < 1.29 is 14.3 Å². The third kappa shape index (κ3) is 1.69. The molecular weight excluding hydrogens is 266 g/mol. The van der Waals surface area contributed by atoms with Gasteiger partial charge in [-0.3, -0.25) is 4.79 Å². The molecule has 21 heavy (non-hydrogen) atoms. The lowest BCUT2D eigenvalue weighted by Gasteiger charge is -2.33. The largest absolute Gasteiger partial charge is 0.493 e. The van der Waals surface area contributed by atoms with Gasteiger partial charge in [0.1, 0.15) is 6.10 Å². The van der Waals surface area contributed by atoms with E-state index >= 15 is 0 Å². The number of methoxy groups -OCH3 is 1. The first-order chi connectivity index (χ1) is 10.1. The third-order valence-electron chi connectivity index (χ3n) is 5.03. The summed E-state index contributed by atoms with van der Waals surface area (Å²) in [5.74, 6) is 1.76. The van der Waals surface area contributed by atoms with Crippen molar-refractivity contribution in [1.29, 1.82) is 0 Å². The summed E-state index contributed by atoms with van der Waals surface area (Å²) in [5.41, 5.74) is 2.35. The average molecular weight is 285 g/mol. The van der Waals surface area contributed by atoms with Gasteiger partial charge >= 0.3 is 0 Å². The molecule has 1 aliphatic carbocycles. The SMILES string of the molecule is COc1ccc2c3c1O[C@@H]1CC(=O)C=C[C@]31CCN(C)C2. The van der Waals surface area contributed by atoms with Crippen molar-refractivity contribution in [3.63, 3.8) is 0 Å². The Balaban J connectivity index is 1.97. The molecule has 110 valence electrons. The molecule has 4 rings (SSSR count). The number of rotatable bonds is 1. The van der Waals surface area contributed by atoms with E-state index in [0.717, 1.165) is 31.0 Å². The Morgan fingerprint density at radius 3 is 3.10 bits per heavy atom. The van der Waals surface area contributed by atoms with Crippen molar-refractivity contribution in [3.05, 3.63) is 35.4 Å². The summed E-state index contributed by atoms with van der Waals surface area (Å²) in [5, 5.41) is 0. The second-order valence-electron chi connectivity index (χ2n) is 6.27. The van der Waals surface area contributed by atoms with Crippen LogP contribution in [0, 0.1) is 0 Å². The van der Waals surface area contributed by atoms with Gasteiger partial charge in [0, 0.05) is 18.5 Å². The molecule has 0 aromatic heterocycles. The molecule has 1 spiro atoms. The molecule has 0 saturated carbocycles. The maximum absolute atomic E-state index is 11.8. The lowest BCUT2D eigenvalue weighted by atomic mass is 9.69. The van der Waals surface area contributed by atoms with Gasteiger partial charge in [-0.15, -0.1) is 0 Å². The second kappa shape index (κ2) is 4.34. The van der Waals surface area contributed by atoms with Crippen molar-refractivity contribution in [2.24, 2.45) is 0 Å². The summed E-state index contributed by atoms with van der Waals surface area (Å²) in [4.78, 5) is 14.1. The number of ketones is 1. The summed E-state index contributed by atoms with van der Waals surface area (Å²) in [6.45, 7) is 1.90. The monoisotopic (exact) mass is 285 g/mol. The first-order valence-corrected chi connectivity index (χ1v) is 7.41.